The summed E-state index contributed by atoms with van der Waals surface area (Å²) in [5.74, 6) is 0. The van der Waals surface area contributed by atoms with Gasteiger partial charge in [0.25, 0.3) is 0 Å². The molecule has 0 bridgehead atoms. The second kappa shape index (κ2) is 12.6. The maximum atomic E-state index is 8.85. The lowest BCUT2D eigenvalue weighted by Crippen LogP contribution is -2.18. The van der Waals surface area contributed by atoms with Gasteiger partial charge < -0.3 is 9.80 Å². The number of allylic oxidation sites excluding steroid dienone is 2. The summed E-state index contributed by atoms with van der Waals surface area (Å²) < 4.78 is 0. The summed E-state index contributed by atoms with van der Waals surface area (Å²) in [4.78, 5) is 4.07. The monoisotopic (exact) mass is 554 g/mol. The molecule has 0 aromatic heterocycles. The molecule has 0 N–H and O–H groups in total. The van der Waals surface area contributed by atoms with Gasteiger partial charge in [0.1, 0.15) is 35.4 Å². The van der Waals surface area contributed by atoms with E-state index in [4.69, 9.17) is 67.5 Å². The Bertz CT molecular complexity index is 1370. The van der Waals surface area contributed by atoms with Gasteiger partial charge in [-0.2, -0.15) is 21.0 Å². The normalized spacial score (nSPS) is 14.2. The van der Waals surface area contributed by atoms with Crippen LogP contribution in [0.2, 0.25) is 20.1 Å². The molecule has 4 rings (SSSR count). The fourth-order valence-electron chi connectivity index (χ4n) is 3.98. The first-order chi connectivity index (χ1) is 17.3. The molecule has 0 atom stereocenters. The van der Waals surface area contributed by atoms with Crippen molar-refractivity contribution in [3.8, 4) is 24.3 Å². The zero-order chi connectivity index (χ0) is 26.2. The highest BCUT2D eigenvalue weighted by atomic mass is 35.5. The SMILES string of the molecule is N#CC(C#N)=C1CCN(c2ccc(Cl)cc2Cl)C1.N#CC(C#N)=C1CCN(c2cccc(Cl)c2Cl)C1. The van der Waals surface area contributed by atoms with E-state index >= 15 is 0 Å². The lowest BCUT2D eigenvalue weighted by Gasteiger charge is -2.19. The predicted octanol–water partition coefficient (Wildman–Crippen LogP) is 7.09. The first-order valence-corrected chi connectivity index (χ1v) is 12.3. The van der Waals surface area contributed by atoms with Gasteiger partial charge in [-0.15, -0.1) is 0 Å². The van der Waals surface area contributed by atoms with Crippen LogP contribution in [0.15, 0.2) is 58.7 Å². The Hall–Kier alpha value is -3.36. The van der Waals surface area contributed by atoms with E-state index in [9.17, 15) is 0 Å². The molecule has 0 amide bonds. The van der Waals surface area contributed by atoms with E-state index in [1.807, 2.05) is 52.3 Å². The Morgan fingerprint density at radius 3 is 1.69 bits per heavy atom. The van der Waals surface area contributed by atoms with Gasteiger partial charge >= 0.3 is 0 Å². The molecule has 2 heterocycles. The smallest absolute Gasteiger partial charge is 0.130 e. The van der Waals surface area contributed by atoms with Crippen LogP contribution in [0.1, 0.15) is 12.8 Å². The summed E-state index contributed by atoms with van der Waals surface area (Å²) in [6, 6.07) is 18.5. The zero-order valence-corrected chi connectivity index (χ0v) is 21.9. The number of nitrogens with zero attached hydrogens (tertiary/aromatic N) is 6. The molecule has 2 aromatic rings. The van der Waals surface area contributed by atoms with Gasteiger partial charge in [0.2, 0.25) is 0 Å². The molecule has 180 valence electrons. The molecule has 2 aliphatic rings. The molecule has 2 fully saturated rings. The van der Waals surface area contributed by atoms with Crippen molar-refractivity contribution in [1.29, 1.82) is 21.0 Å². The fraction of sp³-hybridized carbons (Fsp3) is 0.231. The largest absolute Gasteiger partial charge is 0.366 e. The van der Waals surface area contributed by atoms with Crippen molar-refractivity contribution in [3.63, 3.8) is 0 Å². The van der Waals surface area contributed by atoms with Crippen molar-refractivity contribution in [2.75, 3.05) is 36.0 Å². The van der Waals surface area contributed by atoms with Crippen LogP contribution in [0, 0.1) is 45.3 Å². The molecule has 2 aliphatic heterocycles. The van der Waals surface area contributed by atoms with Crippen molar-refractivity contribution < 1.29 is 0 Å². The number of halogens is 4. The highest BCUT2D eigenvalue weighted by Gasteiger charge is 2.23. The topological polar surface area (TPSA) is 102 Å². The summed E-state index contributed by atoms with van der Waals surface area (Å²) in [5.41, 5.74) is 3.86. The molecular formula is C26H18Cl4N6. The molecule has 0 saturated carbocycles. The third-order valence-corrected chi connectivity index (χ3v) is 7.15. The molecule has 0 aliphatic carbocycles. The molecule has 2 saturated heterocycles. The molecule has 0 unspecified atom stereocenters. The number of hydrogen-bond donors (Lipinski definition) is 0. The van der Waals surface area contributed by atoms with Gasteiger partial charge in [0.05, 0.1) is 26.4 Å². The van der Waals surface area contributed by atoms with Crippen molar-refractivity contribution in [3.05, 3.63) is 78.8 Å². The average Bonchev–Trinajstić information content (AvgIpc) is 3.54. The summed E-state index contributed by atoms with van der Waals surface area (Å²) in [6.45, 7) is 2.61. The van der Waals surface area contributed by atoms with Crippen molar-refractivity contribution in [1.82, 2.24) is 0 Å². The average molecular weight is 556 g/mol. The van der Waals surface area contributed by atoms with Crippen LogP contribution in [-0.2, 0) is 0 Å². The summed E-state index contributed by atoms with van der Waals surface area (Å²) in [5, 5.41) is 37.6. The molecular weight excluding hydrogens is 538 g/mol. The summed E-state index contributed by atoms with van der Waals surface area (Å²) in [6.07, 6.45) is 1.43. The Morgan fingerprint density at radius 2 is 1.19 bits per heavy atom. The number of hydrogen-bond acceptors (Lipinski definition) is 6. The van der Waals surface area contributed by atoms with Crippen LogP contribution >= 0.6 is 46.4 Å². The molecule has 2 aromatic carbocycles. The van der Waals surface area contributed by atoms with E-state index < -0.39 is 0 Å². The van der Waals surface area contributed by atoms with Crippen molar-refractivity contribution in [2.24, 2.45) is 0 Å². The quantitative estimate of drug-likeness (QED) is 0.366. The van der Waals surface area contributed by atoms with Crippen LogP contribution in [0.5, 0.6) is 0 Å². The van der Waals surface area contributed by atoms with Crippen LogP contribution in [0.3, 0.4) is 0 Å². The van der Waals surface area contributed by atoms with E-state index in [0.717, 1.165) is 42.0 Å². The standard InChI is InChI=1S/2C13H9Cl2N3/c14-11-1-2-13(12(15)5-11)18-4-3-9(8-18)10(6-16)7-17;14-11-2-1-3-12(13(11)15)18-5-4-9(8-18)10(6-16)7-17/h1-2,5H,3-4,8H2;1-3H,4-5,8H2. The van der Waals surface area contributed by atoms with E-state index in [1.54, 1.807) is 18.2 Å². The molecule has 0 radical (unpaired) electrons. The van der Waals surface area contributed by atoms with E-state index in [0.29, 0.717) is 39.6 Å². The molecule has 36 heavy (non-hydrogen) atoms. The third-order valence-electron chi connectivity index (χ3n) is 5.81. The molecule has 10 heteroatoms. The third kappa shape index (κ3) is 6.25. The van der Waals surface area contributed by atoms with Gasteiger partial charge in [0, 0.05) is 31.2 Å². The lowest BCUT2D eigenvalue weighted by atomic mass is 10.1. The Morgan fingerprint density at radius 1 is 0.667 bits per heavy atom. The lowest BCUT2D eigenvalue weighted by molar-refractivity contribution is 0.968. The fourth-order valence-corrected chi connectivity index (χ4v) is 4.92. The maximum Gasteiger partial charge on any atom is 0.130 e. The summed E-state index contributed by atoms with van der Waals surface area (Å²) >= 11 is 24.1. The number of anilines is 2. The Balaban J connectivity index is 0.000000201. The van der Waals surface area contributed by atoms with Gasteiger partial charge in [-0.1, -0.05) is 52.5 Å². The van der Waals surface area contributed by atoms with Crippen LogP contribution in [0.25, 0.3) is 0 Å². The highest BCUT2D eigenvalue weighted by molar-refractivity contribution is 6.43. The molecule has 0 spiro atoms. The minimum absolute atomic E-state index is 0.204. The highest BCUT2D eigenvalue weighted by Crippen LogP contribution is 2.35. The predicted molar refractivity (Wildman–Crippen MR) is 143 cm³/mol. The second-order valence-electron chi connectivity index (χ2n) is 7.92. The maximum absolute atomic E-state index is 8.85. The number of benzene rings is 2. The minimum atomic E-state index is 0.204. The van der Waals surface area contributed by atoms with Gasteiger partial charge in [0.15, 0.2) is 0 Å². The second-order valence-corrected chi connectivity index (χ2v) is 9.54. The zero-order valence-electron chi connectivity index (χ0n) is 18.9. The first kappa shape index (κ1) is 27.2. The van der Waals surface area contributed by atoms with Crippen LogP contribution in [-0.4, -0.2) is 26.2 Å². The van der Waals surface area contributed by atoms with Gasteiger partial charge in [-0.3, -0.25) is 0 Å². The number of rotatable bonds is 2. The Labute approximate surface area is 230 Å². The van der Waals surface area contributed by atoms with E-state index in [-0.39, 0.29) is 11.1 Å². The van der Waals surface area contributed by atoms with Crippen LogP contribution < -0.4 is 9.80 Å². The van der Waals surface area contributed by atoms with Crippen molar-refractivity contribution >= 4 is 57.8 Å². The summed E-state index contributed by atoms with van der Waals surface area (Å²) in [7, 11) is 0. The van der Waals surface area contributed by atoms with Gasteiger partial charge in [-0.05, 0) is 54.3 Å². The van der Waals surface area contributed by atoms with E-state index in [1.165, 1.54) is 0 Å². The first-order valence-electron chi connectivity index (χ1n) is 10.8. The molecule has 6 nitrogen and oxygen atoms in total. The Kier molecular flexibility index (Phi) is 9.50. The van der Waals surface area contributed by atoms with Crippen molar-refractivity contribution in [2.45, 2.75) is 12.8 Å². The van der Waals surface area contributed by atoms with Crippen LogP contribution in [0.4, 0.5) is 11.4 Å². The van der Waals surface area contributed by atoms with Gasteiger partial charge in [-0.25, -0.2) is 0 Å². The number of nitriles is 4. The van der Waals surface area contributed by atoms with E-state index in [2.05, 4.69) is 0 Å². The minimum Gasteiger partial charge on any atom is -0.366 e.